The predicted molar refractivity (Wildman–Crippen MR) is 61.8 cm³/mol. The van der Waals surface area contributed by atoms with Gasteiger partial charge in [0.2, 0.25) is 0 Å². The zero-order valence-electron chi connectivity index (χ0n) is 9.63. The first kappa shape index (κ1) is 10.2. The van der Waals surface area contributed by atoms with Gasteiger partial charge in [0.25, 0.3) is 0 Å². The number of rotatable bonds is 2. The van der Waals surface area contributed by atoms with Gasteiger partial charge in [0.15, 0.2) is 0 Å². The van der Waals surface area contributed by atoms with E-state index >= 15 is 0 Å². The molecule has 2 fully saturated rings. The van der Waals surface area contributed by atoms with Crippen molar-refractivity contribution in [3.8, 4) is 0 Å². The van der Waals surface area contributed by atoms with E-state index in [0.717, 1.165) is 24.1 Å². The lowest BCUT2D eigenvalue weighted by atomic mass is 9.95. The largest absolute Gasteiger partial charge is 0.316 e. The molecular weight excluding hydrogens is 200 g/mol. The monoisotopic (exact) mass is 218 g/mol. The lowest BCUT2D eigenvalue weighted by Gasteiger charge is -2.23. The molecule has 86 valence electrons. The minimum absolute atomic E-state index is 0.676. The molecule has 2 aliphatic rings. The van der Waals surface area contributed by atoms with Crippen LogP contribution in [0.1, 0.15) is 12.6 Å². The van der Waals surface area contributed by atoms with Crippen molar-refractivity contribution in [2.45, 2.75) is 19.5 Å². The maximum absolute atomic E-state index is 4.30. The van der Waals surface area contributed by atoms with Crippen LogP contribution in [0.5, 0.6) is 0 Å². The summed E-state index contributed by atoms with van der Waals surface area (Å²) in [4.78, 5) is 10.8. The molecule has 4 heteroatoms. The van der Waals surface area contributed by atoms with Crippen LogP contribution in [0.4, 0.5) is 0 Å². The maximum atomic E-state index is 4.30. The normalized spacial score (nSPS) is 34.2. The third kappa shape index (κ3) is 1.72. The standard InChI is InChI=1S/C12H18N4/c1-9-12-5-14-4-10(12)6-16(9)7-11-2-3-13-8-15-11/h2-3,8-10,12,14H,4-7H2,1H3. The summed E-state index contributed by atoms with van der Waals surface area (Å²) in [7, 11) is 0. The Labute approximate surface area is 96.1 Å². The van der Waals surface area contributed by atoms with Crippen LogP contribution in [0.15, 0.2) is 18.6 Å². The highest BCUT2D eigenvalue weighted by Crippen LogP contribution is 2.32. The van der Waals surface area contributed by atoms with Gasteiger partial charge in [0.1, 0.15) is 6.33 Å². The first-order chi connectivity index (χ1) is 7.84. The molecule has 0 aliphatic carbocycles. The highest BCUT2D eigenvalue weighted by molar-refractivity contribution is 5.02. The number of nitrogens with one attached hydrogen (secondary N) is 1. The molecule has 0 saturated carbocycles. The van der Waals surface area contributed by atoms with E-state index in [1.54, 1.807) is 6.33 Å². The Morgan fingerprint density at radius 2 is 2.44 bits per heavy atom. The second-order valence-electron chi connectivity index (χ2n) is 4.95. The SMILES string of the molecule is CC1C2CNCC2CN1Cc1ccncn1. The summed E-state index contributed by atoms with van der Waals surface area (Å²) in [6, 6.07) is 2.69. The molecule has 1 aromatic heterocycles. The summed E-state index contributed by atoms with van der Waals surface area (Å²) in [5, 5.41) is 3.49. The van der Waals surface area contributed by atoms with Crippen LogP contribution in [0, 0.1) is 11.8 Å². The average Bonchev–Trinajstić information content (AvgIpc) is 2.86. The molecule has 2 aliphatic heterocycles. The summed E-state index contributed by atoms with van der Waals surface area (Å²) in [5.74, 6) is 1.68. The van der Waals surface area contributed by atoms with Gasteiger partial charge in [-0.05, 0) is 37.9 Å². The Morgan fingerprint density at radius 1 is 1.50 bits per heavy atom. The quantitative estimate of drug-likeness (QED) is 0.785. The Kier molecular flexibility index (Phi) is 2.61. The lowest BCUT2D eigenvalue weighted by Crippen LogP contribution is -2.33. The molecule has 0 spiro atoms. The van der Waals surface area contributed by atoms with Crippen molar-refractivity contribution in [1.29, 1.82) is 0 Å². The van der Waals surface area contributed by atoms with Gasteiger partial charge in [-0.1, -0.05) is 0 Å². The average molecular weight is 218 g/mol. The van der Waals surface area contributed by atoms with Crippen molar-refractivity contribution in [2.75, 3.05) is 19.6 Å². The summed E-state index contributed by atoms with van der Waals surface area (Å²) >= 11 is 0. The number of hydrogen-bond donors (Lipinski definition) is 1. The third-order valence-corrected chi connectivity index (χ3v) is 4.06. The molecular formula is C12H18N4. The van der Waals surface area contributed by atoms with Gasteiger partial charge < -0.3 is 5.32 Å². The smallest absolute Gasteiger partial charge is 0.115 e. The summed E-state index contributed by atoms with van der Waals surface area (Å²) in [6.45, 7) is 6.90. The summed E-state index contributed by atoms with van der Waals surface area (Å²) in [5.41, 5.74) is 1.13. The number of likely N-dealkylation sites (tertiary alicyclic amines) is 1. The van der Waals surface area contributed by atoms with E-state index in [1.807, 2.05) is 12.3 Å². The van der Waals surface area contributed by atoms with Gasteiger partial charge >= 0.3 is 0 Å². The molecule has 2 saturated heterocycles. The van der Waals surface area contributed by atoms with Gasteiger partial charge in [0.05, 0.1) is 5.69 Å². The zero-order valence-corrected chi connectivity index (χ0v) is 9.63. The first-order valence-corrected chi connectivity index (χ1v) is 6.04. The van der Waals surface area contributed by atoms with Crippen molar-refractivity contribution in [3.63, 3.8) is 0 Å². The van der Waals surface area contributed by atoms with Gasteiger partial charge in [-0.25, -0.2) is 9.97 Å². The van der Waals surface area contributed by atoms with Gasteiger partial charge in [-0.15, -0.1) is 0 Å². The first-order valence-electron chi connectivity index (χ1n) is 6.04. The highest BCUT2D eigenvalue weighted by Gasteiger charge is 2.41. The van der Waals surface area contributed by atoms with E-state index in [0.29, 0.717) is 6.04 Å². The zero-order chi connectivity index (χ0) is 11.0. The molecule has 3 unspecified atom stereocenters. The number of fused-ring (bicyclic) bond motifs is 1. The van der Waals surface area contributed by atoms with Crippen molar-refractivity contribution in [3.05, 3.63) is 24.3 Å². The number of nitrogens with zero attached hydrogens (tertiary/aromatic N) is 3. The van der Waals surface area contributed by atoms with E-state index in [2.05, 4.69) is 27.1 Å². The number of hydrogen-bond acceptors (Lipinski definition) is 4. The molecule has 1 N–H and O–H groups in total. The van der Waals surface area contributed by atoms with E-state index in [9.17, 15) is 0 Å². The van der Waals surface area contributed by atoms with Gasteiger partial charge in [-0.2, -0.15) is 0 Å². The van der Waals surface area contributed by atoms with Crippen molar-refractivity contribution < 1.29 is 0 Å². The van der Waals surface area contributed by atoms with Crippen molar-refractivity contribution in [1.82, 2.24) is 20.2 Å². The fraction of sp³-hybridized carbons (Fsp3) is 0.667. The predicted octanol–water partition coefficient (Wildman–Crippen LogP) is 0.516. The van der Waals surface area contributed by atoms with Crippen molar-refractivity contribution >= 4 is 0 Å². The van der Waals surface area contributed by atoms with Crippen LogP contribution in [0.2, 0.25) is 0 Å². The van der Waals surface area contributed by atoms with Crippen LogP contribution < -0.4 is 5.32 Å². The Balaban J connectivity index is 1.69. The molecule has 4 nitrogen and oxygen atoms in total. The lowest BCUT2D eigenvalue weighted by molar-refractivity contribution is 0.229. The Morgan fingerprint density at radius 3 is 3.19 bits per heavy atom. The van der Waals surface area contributed by atoms with Gasteiger partial charge in [0, 0.05) is 25.3 Å². The van der Waals surface area contributed by atoms with Crippen LogP contribution in [-0.2, 0) is 6.54 Å². The van der Waals surface area contributed by atoms with Crippen LogP contribution in [0.25, 0.3) is 0 Å². The molecule has 0 radical (unpaired) electrons. The van der Waals surface area contributed by atoms with E-state index in [1.165, 1.54) is 19.6 Å². The maximum Gasteiger partial charge on any atom is 0.115 e. The molecule has 3 rings (SSSR count). The molecule has 16 heavy (non-hydrogen) atoms. The molecule has 3 heterocycles. The van der Waals surface area contributed by atoms with Crippen LogP contribution in [-0.4, -0.2) is 40.5 Å². The molecule has 0 bridgehead atoms. The second kappa shape index (κ2) is 4.11. The number of aromatic nitrogens is 2. The highest BCUT2D eigenvalue weighted by atomic mass is 15.2. The van der Waals surface area contributed by atoms with E-state index < -0.39 is 0 Å². The molecule has 0 amide bonds. The topological polar surface area (TPSA) is 41.0 Å². The summed E-state index contributed by atoms with van der Waals surface area (Å²) < 4.78 is 0. The minimum Gasteiger partial charge on any atom is -0.316 e. The Hall–Kier alpha value is -1.00. The van der Waals surface area contributed by atoms with Gasteiger partial charge in [-0.3, -0.25) is 4.90 Å². The fourth-order valence-electron chi connectivity index (χ4n) is 3.08. The molecule has 1 aromatic rings. The second-order valence-corrected chi connectivity index (χ2v) is 4.95. The third-order valence-electron chi connectivity index (χ3n) is 4.06. The van der Waals surface area contributed by atoms with E-state index in [-0.39, 0.29) is 0 Å². The Bertz CT molecular complexity index is 353. The molecule has 0 aromatic carbocycles. The summed E-state index contributed by atoms with van der Waals surface area (Å²) in [6.07, 6.45) is 3.46. The minimum atomic E-state index is 0.676. The molecule has 3 atom stereocenters. The fourth-order valence-corrected chi connectivity index (χ4v) is 3.08. The van der Waals surface area contributed by atoms with Crippen molar-refractivity contribution in [2.24, 2.45) is 11.8 Å². The van der Waals surface area contributed by atoms with E-state index in [4.69, 9.17) is 0 Å². The van der Waals surface area contributed by atoms with Crippen LogP contribution >= 0.6 is 0 Å². The van der Waals surface area contributed by atoms with Crippen LogP contribution in [0.3, 0.4) is 0 Å².